The number of benzene rings is 2. The van der Waals surface area contributed by atoms with Crippen LogP contribution in [0.4, 0.5) is 0 Å². The highest BCUT2D eigenvalue weighted by atomic mass is 16.5. The molecule has 2 fully saturated rings. The Morgan fingerprint density at radius 2 is 1.62 bits per heavy atom. The van der Waals surface area contributed by atoms with Crippen molar-refractivity contribution in [3.63, 3.8) is 0 Å². The SMILES string of the molecule is c1ccc(CN2[C@@H]3CC[C@H]2CC(N[C@@H]2CCOc4ccccc42)C3)cc1. The number of nitrogens with zero attached hydrogens (tertiary/aromatic N) is 1. The van der Waals surface area contributed by atoms with Crippen LogP contribution >= 0.6 is 0 Å². The van der Waals surface area contributed by atoms with E-state index in [1.165, 1.54) is 36.8 Å². The Balaban J connectivity index is 1.26. The molecule has 3 heteroatoms. The van der Waals surface area contributed by atoms with Gasteiger partial charge in [-0.05, 0) is 37.3 Å². The highest BCUT2D eigenvalue weighted by Crippen LogP contribution is 2.39. The fraction of sp³-hybridized carbons (Fsp3) is 0.478. The molecule has 136 valence electrons. The minimum atomic E-state index is 0.449. The van der Waals surface area contributed by atoms with Gasteiger partial charge < -0.3 is 10.1 Å². The molecule has 0 saturated carbocycles. The fourth-order valence-electron chi connectivity index (χ4n) is 5.26. The van der Waals surface area contributed by atoms with E-state index >= 15 is 0 Å². The fourth-order valence-corrected chi connectivity index (χ4v) is 5.26. The second-order valence-electron chi connectivity index (χ2n) is 8.11. The second-order valence-corrected chi connectivity index (χ2v) is 8.11. The van der Waals surface area contributed by atoms with Crippen LogP contribution in [-0.4, -0.2) is 29.6 Å². The smallest absolute Gasteiger partial charge is 0.124 e. The first-order valence-electron chi connectivity index (χ1n) is 10.1. The van der Waals surface area contributed by atoms with Crippen LogP contribution in [0.15, 0.2) is 54.6 Å². The first kappa shape index (κ1) is 16.3. The van der Waals surface area contributed by atoms with Gasteiger partial charge in [-0.3, -0.25) is 4.90 Å². The minimum absolute atomic E-state index is 0.449. The molecule has 2 aromatic rings. The molecule has 1 N–H and O–H groups in total. The van der Waals surface area contributed by atoms with E-state index in [0.717, 1.165) is 37.4 Å². The second kappa shape index (κ2) is 7.05. The summed E-state index contributed by atoms with van der Waals surface area (Å²) < 4.78 is 5.83. The molecule has 0 amide bonds. The van der Waals surface area contributed by atoms with Crippen molar-refractivity contribution in [2.45, 2.75) is 62.8 Å². The van der Waals surface area contributed by atoms with Crippen LogP contribution in [0.5, 0.6) is 5.75 Å². The van der Waals surface area contributed by atoms with E-state index in [4.69, 9.17) is 4.74 Å². The summed E-state index contributed by atoms with van der Waals surface area (Å²) in [7, 11) is 0. The maximum Gasteiger partial charge on any atom is 0.124 e. The Kier molecular flexibility index (Phi) is 4.43. The molecule has 0 aliphatic carbocycles. The van der Waals surface area contributed by atoms with Gasteiger partial charge in [-0.25, -0.2) is 0 Å². The molecule has 0 aromatic heterocycles. The third-order valence-corrected chi connectivity index (χ3v) is 6.49. The van der Waals surface area contributed by atoms with E-state index < -0.39 is 0 Å². The van der Waals surface area contributed by atoms with E-state index in [1.807, 2.05) is 0 Å². The van der Waals surface area contributed by atoms with Crippen molar-refractivity contribution in [1.82, 2.24) is 10.2 Å². The molecule has 1 unspecified atom stereocenters. The van der Waals surface area contributed by atoms with Crippen molar-refractivity contribution < 1.29 is 4.74 Å². The lowest BCUT2D eigenvalue weighted by molar-refractivity contribution is 0.101. The lowest BCUT2D eigenvalue weighted by atomic mass is 9.93. The van der Waals surface area contributed by atoms with Crippen molar-refractivity contribution in [3.05, 3.63) is 65.7 Å². The Morgan fingerprint density at radius 1 is 0.885 bits per heavy atom. The molecule has 5 rings (SSSR count). The lowest BCUT2D eigenvalue weighted by Gasteiger charge is -2.41. The van der Waals surface area contributed by atoms with Gasteiger partial charge in [-0.1, -0.05) is 48.5 Å². The molecule has 3 heterocycles. The number of piperidine rings is 1. The largest absolute Gasteiger partial charge is 0.493 e. The average Bonchev–Trinajstić information content (AvgIpc) is 2.91. The molecule has 4 atom stereocenters. The first-order valence-corrected chi connectivity index (χ1v) is 10.1. The van der Waals surface area contributed by atoms with E-state index in [9.17, 15) is 0 Å². The van der Waals surface area contributed by atoms with E-state index in [1.54, 1.807) is 0 Å². The summed E-state index contributed by atoms with van der Waals surface area (Å²) in [6, 6.07) is 22.1. The normalized spacial score (nSPS) is 30.6. The van der Waals surface area contributed by atoms with Crippen molar-refractivity contribution in [2.24, 2.45) is 0 Å². The van der Waals surface area contributed by atoms with Crippen LogP contribution in [0.3, 0.4) is 0 Å². The third kappa shape index (κ3) is 3.15. The number of para-hydroxylation sites is 1. The summed E-state index contributed by atoms with van der Waals surface area (Å²) in [6.07, 6.45) is 6.36. The van der Waals surface area contributed by atoms with E-state index in [2.05, 4.69) is 64.8 Å². The van der Waals surface area contributed by atoms with Crippen LogP contribution in [0.2, 0.25) is 0 Å². The zero-order valence-corrected chi connectivity index (χ0v) is 15.3. The molecular formula is C23H28N2O. The van der Waals surface area contributed by atoms with Crippen LogP contribution in [0, 0.1) is 0 Å². The highest BCUT2D eigenvalue weighted by molar-refractivity contribution is 5.37. The molecule has 3 nitrogen and oxygen atoms in total. The van der Waals surface area contributed by atoms with Crippen LogP contribution < -0.4 is 10.1 Å². The molecular weight excluding hydrogens is 320 g/mol. The maximum absolute atomic E-state index is 5.83. The zero-order chi connectivity index (χ0) is 17.3. The van der Waals surface area contributed by atoms with Crippen LogP contribution in [0.25, 0.3) is 0 Å². The van der Waals surface area contributed by atoms with Crippen molar-refractivity contribution in [2.75, 3.05) is 6.61 Å². The predicted molar refractivity (Wildman–Crippen MR) is 104 cm³/mol. The summed E-state index contributed by atoms with van der Waals surface area (Å²) in [5.41, 5.74) is 2.80. The number of fused-ring (bicyclic) bond motifs is 3. The van der Waals surface area contributed by atoms with Gasteiger partial charge >= 0.3 is 0 Å². The van der Waals surface area contributed by atoms with Gasteiger partial charge in [-0.2, -0.15) is 0 Å². The summed E-state index contributed by atoms with van der Waals surface area (Å²) in [5.74, 6) is 1.07. The number of nitrogens with one attached hydrogen (secondary N) is 1. The summed E-state index contributed by atoms with van der Waals surface area (Å²) in [6.45, 7) is 1.94. The average molecular weight is 348 g/mol. The molecule has 2 bridgehead atoms. The van der Waals surface area contributed by atoms with Crippen LogP contribution in [-0.2, 0) is 6.54 Å². The Hall–Kier alpha value is -1.84. The van der Waals surface area contributed by atoms with Gasteiger partial charge in [0.05, 0.1) is 6.61 Å². The van der Waals surface area contributed by atoms with Crippen molar-refractivity contribution in [1.29, 1.82) is 0 Å². The summed E-state index contributed by atoms with van der Waals surface area (Å²) in [4.78, 5) is 2.77. The quantitative estimate of drug-likeness (QED) is 0.892. The molecule has 3 aliphatic heterocycles. The van der Waals surface area contributed by atoms with Gasteiger partial charge in [-0.15, -0.1) is 0 Å². The van der Waals surface area contributed by atoms with E-state index in [-0.39, 0.29) is 0 Å². The minimum Gasteiger partial charge on any atom is -0.493 e. The summed E-state index contributed by atoms with van der Waals surface area (Å²) in [5, 5.41) is 3.99. The lowest BCUT2D eigenvalue weighted by Crippen LogP contribution is -2.49. The Labute approximate surface area is 156 Å². The number of ether oxygens (including phenoxy) is 1. The third-order valence-electron chi connectivity index (χ3n) is 6.49. The monoisotopic (exact) mass is 348 g/mol. The number of hydrogen-bond donors (Lipinski definition) is 1. The molecule has 3 aliphatic rings. The number of rotatable bonds is 4. The Bertz CT molecular complexity index is 733. The molecule has 2 saturated heterocycles. The van der Waals surface area contributed by atoms with Gasteiger partial charge in [0.1, 0.15) is 5.75 Å². The summed E-state index contributed by atoms with van der Waals surface area (Å²) >= 11 is 0. The Morgan fingerprint density at radius 3 is 2.42 bits per heavy atom. The molecule has 0 radical (unpaired) electrons. The van der Waals surface area contributed by atoms with Crippen molar-refractivity contribution in [3.8, 4) is 5.75 Å². The predicted octanol–water partition coefficient (Wildman–Crippen LogP) is 4.30. The van der Waals surface area contributed by atoms with Crippen molar-refractivity contribution >= 4 is 0 Å². The first-order chi connectivity index (χ1) is 12.9. The standard InChI is InChI=1S/C23H28N2O/c1-2-6-17(7-3-1)16-25-19-10-11-20(25)15-18(14-19)24-22-12-13-26-23-9-5-4-8-21(22)23/h1-9,18-20,22,24H,10-16H2/t18?,19-,20+,22-/m1/s1. The van der Waals surface area contributed by atoms with Gasteiger partial charge in [0, 0.05) is 42.7 Å². The van der Waals surface area contributed by atoms with Gasteiger partial charge in [0.2, 0.25) is 0 Å². The zero-order valence-electron chi connectivity index (χ0n) is 15.3. The van der Waals surface area contributed by atoms with E-state index in [0.29, 0.717) is 12.1 Å². The molecule has 26 heavy (non-hydrogen) atoms. The topological polar surface area (TPSA) is 24.5 Å². The molecule has 0 spiro atoms. The maximum atomic E-state index is 5.83. The number of hydrogen-bond acceptors (Lipinski definition) is 3. The van der Waals surface area contributed by atoms with Gasteiger partial charge in [0.15, 0.2) is 0 Å². The highest BCUT2D eigenvalue weighted by Gasteiger charge is 2.41. The van der Waals surface area contributed by atoms with Crippen LogP contribution in [0.1, 0.15) is 49.3 Å². The molecule has 2 aromatic carbocycles. The van der Waals surface area contributed by atoms with Gasteiger partial charge in [0.25, 0.3) is 0 Å².